The van der Waals surface area contributed by atoms with Gasteiger partial charge in [0.2, 0.25) is 5.91 Å². The maximum absolute atomic E-state index is 13.1. The second-order valence-corrected chi connectivity index (χ2v) is 8.73. The number of aryl methyl sites for hydroxylation is 3. The van der Waals surface area contributed by atoms with Gasteiger partial charge in [-0.25, -0.2) is 4.98 Å². The van der Waals surface area contributed by atoms with Crippen LogP contribution in [0.4, 0.5) is 0 Å². The van der Waals surface area contributed by atoms with Gasteiger partial charge in [-0.2, -0.15) is 0 Å². The van der Waals surface area contributed by atoms with E-state index >= 15 is 0 Å². The van der Waals surface area contributed by atoms with Crippen molar-refractivity contribution in [3.8, 4) is 0 Å². The number of rotatable bonds is 6. The van der Waals surface area contributed by atoms with E-state index in [0.717, 1.165) is 26.5 Å². The van der Waals surface area contributed by atoms with Crippen molar-refractivity contribution in [1.29, 1.82) is 0 Å². The SMILES string of the molecule is Cc1sc2ncn(CCC(=O)N(C)C(c3ccccc3)c3ccccn3)c(=O)c2c1C. The van der Waals surface area contributed by atoms with Crippen LogP contribution in [0.3, 0.4) is 0 Å². The first-order valence-electron chi connectivity index (χ1n) is 10.1. The highest BCUT2D eigenvalue weighted by Crippen LogP contribution is 2.27. The Morgan fingerprint density at radius 1 is 1.10 bits per heavy atom. The third-order valence-electron chi connectivity index (χ3n) is 5.59. The molecule has 1 unspecified atom stereocenters. The molecule has 4 aromatic rings. The largest absolute Gasteiger partial charge is 0.333 e. The predicted molar refractivity (Wildman–Crippen MR) is 123 cm³/mol. The minimum absolute atomic E-state index is 0.0651. The van der Waals surface area contributed by atoms with Gasteiger partial charge in [-0.15, -0.1) is 11.3 Å². The Hall–Kier alpha value is -3.32. The van der Waals surface area contributed by atoms with E-state index in [1.54, 1.807) is 24.5 Å². The monoisotopic (exact) mass is 432 g/mol. The number of carbonyl (C=O) groups is 1. The molecule has 31 heavy (non-hydrogen) atoms. The molecule has 0 bridgehead atoms. The lowest BCUT2D eigenvalue weighted by Crippen LogP contribution is -2.34. The van der Waals surface area contributed by atoms with E-state index in [1.807, 2.05) is 62.4 Å². The van der Waals surface area contributed by atoms with E-state index < -0.39 is 0 Å². The van der Waals surface area contributed by atoms with Crippen LogP contribution in [0.1, 0.15) is 34.2 Å². The summed E-state index contributed by atoms with van der Waals surface area (Å²) in [5.74, 6) is -0.0651. The number of carbonyl (C=O) groups excluding carboxylic acids is 1. The van der Waals surface area contributed by atoms with Gasteiger partial charge in [0.05, 0.1) is 23.4 Å². The third kappa shape index (κ3) is 4.14. The van der Waals surface area contributed by atoms with Gasteiger partial charge >= 0.3 is 0 Å². The number of fused-ring (bicyclic) bond motifs is 1. The van der Waals surface area contributed by atoms with E-state index in [0.29, 0.717) is 5.39 Å². The molecule has 7 heteroatoms. The number of hydrogen-bond donors (Lipinski definition) is 0. The zero-order valence-corrected chi connectivity index (χ0v) is 18.6. The van der Waals surface area contributed by atoms with Crippen LogP contribution in [0.25, 0.3) is 10.2 Å². The lowest BCUT2D eigenvalue weighted by molar-refractivity contribution is -0.131. The van der Waals surface area contributed by atoms with Gasteiger partial charge in [-0.05, 0) is 37.1 Å². The summed E-state index contributed by atoms with van der Waals surface area (Å²) in [7, 11) is 1.78. The molecule has 3 heterocycles. The second kappa shape index (κ2) is 8.81. The summed E-state index contributed by atoms with van der Waals surface area (Å²) in [4.78, 5) is 38.5. The molecule has 1 amide bonds. The van der Waals surface area contributed by atoms with Crippen molar-refractivity contribution in [2.75, 3.05) is 7.05 Å². The average Bonchev–Trinajstić information content (AvgIpc) is 3.09. The van der Waals surface area contributed by atoms with Crippen LogP contribution in [0, 0.1) is 13.8 Å². The molecule has 0 saturated carbocycles. The summed E-state index contributed by atoms with van der Waals surface area (Å²) in [6.07, 6.45) is 3.47. The van der Waals surface area contributed by atoms with Gasteiger partial charge in [0.1, 0.15) is 4.83 Å². The van der Waals surface area contributed by atoms with Gasteiger partial charge in [-0.3, -0.25) is 19.1 Å². The molecule has 0 saturated heterocycles. The molecular weight excluding hydrogens is 408 g/mol. The smallest absolute Gasteiger partial charge is 0.262 e. The summed E-state index contributed by atoms with van der Waals surface area (Å²) in [6.45, 7) is 4.21. The van der Waals surface area contributed by atoms with Crippen LogP contribution in [0.15, 0.2) is 65.8 Å². The Morgan fingerprint density at radius 3 is 2.55 bits per heavy atom. The Balaban J connectivity index is 1.57. The molecule has 0 radical (unpaired) electrons. The summed E-state index contributed by atoms with van der Waals surface area (Å²) in [6, 6.07) is 15.2. The van der Waals surface area contributed by atoms with Crippen molar-refractivity contribution >= 4 is 27.5 Å². The van der Waals surface area contributed by atoms with Crippen LogP contribution in [-0.2, 0) is 11.3 Å². The number of benzene rings is 1. The zero-order chi connectivity index (χ0) is 22.0. The molecule has 0 aliphatic heterocycles. The Labute approximate surface area is 184 Å². The molecule has 1 aromatic carbocycles. The zero-order valence-electron chi connectivity index (χ0n) is 17.8. The van der Waals surface area contributed by atoms with E-state index in [-0.39, 0.29) is 30.5 Å². The lowest BCUT2D eigenvalue weighted by atomic mass is 10.0. The minimum atomic E-state index is -0.297. The van der Waals surface area contributed by atoms with Gasteiger partial charge < -0.3 is 4.90 Å². The van der Waals surface area contributed by atoms with Crippen LogP contribution in [-0.4, -0.2) is 32.4 Å². The molecule has 0 aliphatic carbocycles. The first-order chi connectivity index (χ1) is 15.0. The molecule has 6 nitrogen and oxygen atoms in total. The van der Waals surface area contributed by atoms with Crippen molar-refractivity contribution in [2.24, 2.45) is 0 Å². The molecule has 3 aromatic heterocycles. The Bertz CT molecular complexity index is 1230. The average molecular weight is 433 g/mol. The third-order valence-corrected chi connectivity index (χ3v) is 6.70. The normalized spacial score (nSPS) is 12.1. The Kier molecular flexibility index (Phi) is 5.95. The van der Waals surface area contributed by atoms with E-state index in [2.05, 4.69) is 9.97 Å². The highest BCUT2D eigenvalue weighted by molar-refractivity contribution is 7.18. The topological polar surface area (TPSA) is 68.1 Å². The fourth-order valence-electron chi connectivity index (χ4n) is 3.73. The molecule has 0 fully saturated rings. The van der Waals surface area contributed by atoms with Gasteiger partial charge in [0, 0.05) is 31.1 Å². The number of aromatic nitrogens is 3. The van der Waals surface area contributed by atoms with Crippen LogP contribution in [0.2, 0.25) is 0 Å². The summed E-state index contributed by atoms with van der Waals surface area (Å²) in [5, 5.41) is 0.654. The number of amides is 1. The second-order valence-electron chi connectivity index (χ2n) is 7.53. The first-order valence-corrected chi connectivity index (χ1v) is 11.0. The lowest BCUT2D eigenvalue weighted by Gasteiger charge is -2.28. The van der Waals surface area contributed by atoms with Gasteiger partial charge in [0.15, 0.2) is 0 Å². The van der Waals surface area contributed by atoms with Crippen molar-refractivity contribution in [2.45, 2.75) is 32.9 Å². The van der Waals surface area contributed by atoms with Crippen molar-refractivity contribution in [1.82, 2.24) is 19.4 Å². The van der Waals surface area contributed by atoms with Crippen molar-refractivity contribution in [3.63, 3.8) is 0 Å². The van der Waals surface area contributed by atoms with E-state index in [4.69, 9.17) is 0 Å². The summed E-state index contributed by atoms with van der Waals surface area (Å²) < 4.78 is 1.53. The Morgan fingerprint density at radius 2 is 1.84 bits per heavy atom. The van der Waals surface area contributed by atoms with Gasteiger partial charge in [-0.1, -0.05) is 36.4 Å². The summed E-state index contributed by atoms with van der Waals surface area (Å²) >= 11 is 1.52. The predicted octanol–water partition coefficient (Wildman–Crippen LogP) is 4.11. The fraction of sp³-hybridized carbons (Fsp3) is 0.250. The molecule has 0 spiro atoms. The standard InChI is InChI=1S/C24H24N4O2S/c1-16-17(2)31-23-21(16)24(30)28(15-26-23)14-12-20(29)27(3)22(18-9-5-4-6-10-18)19-11-7-8-13-25-19/h4-11,13,15,22H,12,14H2,1-3H3. The number of nitrogens with zero attached hydrogens (tertiary/aromatic N) is 4. The molecule has 0 N–H and O–H groups in total. The first kappa shape index (κ1) is 20.9. The molecule has 1 atom stereocenters. The maximum Gasteiger partial charge on any atom is 0.262 e. The number of hydrogen-bond acceptors (Lipinski definition) is 5. The van der Waals surface area contributed by atoms with Crippen LogP contribution >= 0.6 is 11.3 Å². The summed E-state index contributed by atoms with van der Waals surface area (Å²) in [5.41, 5.74) is 2.66. The molecule has 158 valence electrons. The van der Waals surface area contributed by atoms with Crippen molar-refractivity contribution in [3.05, 3.63) is 93.1 Å². The minimum Gasteiger partial charge on any atom is -0.333 e. The highest BCUT2D eigenvalue weighted by Gasteiger charge is 2.24. The number of pyridine rings is 1. The molecular formula is C24H24N4O2S. The number of thiophene rings is 1. The van der Waals surface area contributed by atoms with Crippen LogP contribution in [0.5, 0.6) is 0 Å². The van der Waals surface area contributed by atoms with E-state index in [1.165, 1.54) is 15.9 Å². The van der Waals surface area contributed by atoms with Crippen LogP contribution < -0.4 is 5.56 Å². The fourth-order valence-corrected chi connectivity index (χ4v) is 4.72. The maximum atomic E-state index is 13.1. The van der Waals surface area contributed by atoms with Crippen molar-refractivity contribution < 1.29 is 4.79 Å². The van der Waals surface area contributed by atoms with E-state index in [9.17, 15) is 9.59 Å². The highest BCUT2D eigenvalue weighted by atomic mass is 32.1. The molecule has 0 aliphatic rings. The van der Waals surface area contributed by atoms with Gasteiger partial charge in [0.25, 0.3) is 5.56 Å². The molecule has 4 rings (SSSR count). The quantitative estimate of drug-likeness (QED) is 0.460.